The number of sulfonamides is 1. The lowest BCUT2D eigenvalue weighted by atomic mass is 10.2. The second-order valence-corrected chi connectivity index (χ2v) is 9.14. The highest BCUT2D eigenvalue weighted by molar-refractivity contribution is 7.89. The van der Waals surface area contributed by atoms with Crippen molar-refractivity contribution >= 4 is 21.6 Å². The Morgan fingerprint density at radius 3 is 2.31 bits per heavy atom. The number of hydrogen-bond acceptors (Lipinski definition) is 5. The molecule has 0 atom stereocenters. The number of methoxy groups -OCH3 is 1. The van der Waals surface area contributed by atoms with Crippen molar-refractivity contribution in [2.75, 3.05) is 51.8 Å². The number of carbonyl (C=O) groups is 1. The van der Waals surface area contributed by atoms with Crippen LogP contribution < -0.4 is 9.64 Å². The quantitative estimate of drug-likeness (QED) is 0.719. The third-order valence-electron chi connectivity index (χ3n) is 5.19. The first-order valence-electron chi connectivity index (χ1n) is 9.51. The van der Waals surface area contributed by atoms with Crippen molar-refractivity contribution in [1.29, 1.82) is 0 Å². The normalized spacial score (nSPS) is 14.9. The van der Waals surface area contributed by atoms with Crippen LogP contribution in [0.25, 0.3) is 0 Å². The minimum atomic E-state index is -3.75. The number of amides is 1. The summed E-state index contributed by atoms with van der Waals surface area (Å²) in [5.74, 6) is 0.438. The van der Waals surface area contributed by atoms with Crippen molar-refractivity contribution in [1.82, 2.24) is 9.21 Å². The van der Waals surface area contributed by atoms with Gasteiger partial charge in [-0.15, -0.1) is 0 Å². The zero-order valence-corrected chi connectivity index (χ0v) is 17.9. The van der Waals surface area contributed by atoms with E-state index in [1.54, 1.807) is 31.1 Å². The first-order chi connectivity index (χ1) is 13.8. The molecule has 0 bridgehead atoms. The lowest BCUT2D eigenvalue weighted by molar-refractivity contribution is -0.131. The monoisotopic (exact) mass is 417 g/mol. The van der Waals surface area contributed by atoms with E-state index in [1.807, 2.05) is 18.2 Å². The molecule has 0 aromatic heterocycles. The summed E-state index contributed by atoms with van der Waals surface area (Å²) in [6, 6.07) is 14.8. The number of nitrogens with zero attached hydrogens (tertiary/aromatic N) is 3. The van der Waals surface area contributed by atoms with Gasteiger partial charge in [0, 0.05) is 38.9 Å². The van der Waals surface area contributed by atoms with Gasteiger partial charge < -0.3 is 14.5 Å². The third-order valence-corrected chi connectivity index (χ3v) is 6.99. The fourth-order valence-corrected chi connectivity index (χ4v) is 4.63. The highest BCUT2D eigenvalue weighted by atomic mass is 32.2. The van der Waals surface area contributed by atoms with Crippen LogP contribution in [0.4, 0.5) is 5.69 Å². The van der Waals surface area contributed by atoms with Gasteiger partial charge in [0.15, 0.2) is 0 Å². The van der Waals surface area contributed by atoms with Gasteiger partial charge in [-0.1, -0.05) is 18.2 Å². The second kappa shape index (κ2) is 8.84. The first kappa shape index (κ1) is 21.1. The molecule has 156 valence electrons. The number of aryl methyl sites for hydroxylation is 1. The summed E-state index contributed by atoms with van der Waals surface area (Å²) in [5.41, 5.74) is 1.86. The minimum absolute atomic E-state index is 0.153. The molecule has 1 aliphatic heterocycles. The standard InChI is InChI=1S/C21H27N3O4S/c1-17-15-19(9-10-20(17)28-3)29(26,27)22(2)16-21(25)24-13-11-23(12-14-24)18-7-5-4-6-8-18/h4-10,15H,11-14,16H2,1-3H3. The molecule has 7 nitrogen and oxygen atoms in total. The van der Waals surface area contributed by atoms with Crippen molar-refractivity contribution in [3.63, 3.8) is 0 Å². The smallest absolute Gasteiger partial charge is 0.243 e. The molecule has 1 aliphatic rings. The van der Waals surface area contributed by atoms with Gasteiger partial charge in [-0.2, -0.15) is 4.31 Å². The SMILES string of the molecule is COc1ccc(S(=O)(=O)N(C)CC(=O)N2CCN(c3ccccc3)CC2)cc1C. The van der Waals surface area contributed by atoms with Crippen molar-refractivity contribution in [3.05, 3.63) is 54.1 Å². The van der Waals surface area contributed by atoms with Crippen LogP contribution in [0.5, 0.6) is 5.75 Å². The van der Waals surface area contributed by atoms with Gasteiger partial charge in [-0.3, -0.25) is 4.79 Å². The molecule has 1 saturated heterocycles. The molecular formula is C21H27N3O4S. The molecule has 0 radical (unpaired) electrons. The van der Waals surface area contributed by atoms with Crippen molar-refractivity contribution in [2.45, 2.75) is 11.8 Å². The van der Waals surface area contributed by atoms with Crippen LogP contribution >= 0.6 is 0 Å². The van der Waals surface area contributed by atoms with Gasteiger partial charge >= 0.3 is 0 Å². The number of benzene rings is 2. The number of anilines is 1. The molecule has 2 aromatic rings. The predicted octanol–water partition coefficient (Wildman–Crippen LogP) is 1.97. The fourth-order valence-electron chi connectivity index (χ4n) is 3.42. The maximum atomic E-state index is 12.8. The predicted molar refractivity (Wildman–Crippen MR) is 113 cm³/mol. The third kappa shape index (κ3) is 4.71. The van der Waals surface area contributed by atoms with Gasteiger partial charge in [-0.05, 0) is 42.8 Å². The van der Waals surface area contributed by atoms with Gasteiger partial charge in [-0.25, -0.2) is 8.42 Å². The second-order valence-electron chi connectivity index (χ2n) is 7.10. The van der Waals surface area contributed by atoms with E-state index in [2.05, 4.69) is 17.0 Å². The summed E-state index contributed by atoms with van der Waals surface area (Å²) in [5, 5.41) is 0. The molecule has 0 aliphatic carbocycles. The van der Waals surface area contributed by atoms with E-state index in [0.717, 1.165) is 28.6 Å². The zero-order valence-electron chi connectivity index (χ0n) is 17.0. The summed E-state index contributed by atoms with van der Waals surface area (Å²) in [4.78, 5) is 16.8. The number of likely N-dealkylation sites (N-methyl/N-ethyl adjacent to an activating group) is 1. The summed E-state index contributed by atoms with van der Waals surface area (Å²) < 4.78 is 32.0. The van der Waals surface area contributed by atoms with E-state index >= 15 is 0 Å². The van der Waals surface area contributed by atoms with Gasteiger partial charge in [0.2, 0.25) is 15.9 Å². The fraction of sp³-hybridized carbons (Fsp3) is 0.381. The van der Waals surface area contributed by atoms with Crippen LogP contribution in [0.15, 0.2) is 53.4 Å². The number of piperazine rings is 1. The van der Waals surface area contributed by atoms with E-state index < -0.39 is 10.0 Å². The highest BCUT2D eigenvalue weighted by Gasteiger charge is 2.27. The Morgan fingerprint density at radius 1 is 1.07 bits per heavy atom. The molecule has 1 heterocycles. The summed E-state index contributed by atoms with van der Waals surface area (Å²) in [6.07, 6.45) is 0. The van der Waals surface area contributed by atoms with Gasteiger partial charge in [0.05, 0.1) is 18.6 Å². The van der Waals surface area contributed by atoms with Crippen LogP contribution in [-0.4, -0.2) is 70.4 Å². The summed E-state index contributed by atoms with van der Waals surface area (Å²) in [7, 11) is -0.776. The van der Waals surface area contributed by atoms with Crippen LogP contribution in [-0.2, 0) is 14.8 Å². The lowest BCUT2D eigenvalue weighted by Gasteiger charge is -2.36. The van der Waals surface area contributed by atoms with E-state index in [-0.39, 0.29) is 17.3 Å². The lowest BCUT2D eigenvalue weighted by Crippen LogP contribution is -2.51. The van der Waals surface area contributed by atoms with E-state index in [4.69, 9.17) is 4.74 Å². The van der Waals surface area contributed by atoms with Crippen LogP contribution in [0.2, 0.25) is 0 Å². The molecule has 1 amide bonds. The van der Waals surface area contributed by atoms with Crippen LogP contribution in [0.3, 0.4) is 0 Å². The van der Waals surface area contributed by atoms with Crippen molar-refractivity contribution < 1.29 is 17.9 Å². The molecule has 2 aromatic carbocycles. The maximum Gasteiger partial charge on any atom is 0.243 e. The molecule has 0 N–H and O–H groups in total. The van der Waals surface area contributed by atoms with E-state index in [0.29, 0.717) is 18.8 Å². The largest absolute Gasteiger partial charge is 0.496 e. The number of carbonyl (C=O) groups excluding carboxylic acids is 1. The first-order valence-corrected chi connectivity index (χ1v) is 11.0. The Balaban J connectivity index is 1.61. The zero-order chi connectivity index (χ0) is 21.0. The number of ether oxygens (including phenoxy) is 1. The molecule has 8 heteroatoms. The van der Waals surface area contributed by atoms with Gasteiger partial charge in [0.1, 0.15) is 5.75 Å². The van der Waals surface area contributed by atoms with E-state index in [9.17, 15) is 13.2 Å². The Morgan fingerprint density at radius 2 is 1.72 bits per heavy atom. The minimum Gasteiger partial charge on any atom is -0.496 e. The molecule has 0 unspecified atom stereocenters. The number of rotatable bonds is 6. The topological polar surface area (TPSA) is 70.2 Å². The Kier molecular flexibility index (Phi) is 6.44. The molecular weight excluding hydrogens is 390 g/mol. The molecule has 1 fully saturated rings. The van der Waals surface area contributed by atoms with Crippen molar-refractivity contribution in [2.24, 2.45) is 0 Å². The summed E-state index contributed by atoms with van der Waals surface area (Å²) >= 11 is 0. The van der Waals surface area contributed by atoms with E-state index in [1.165, 1.54) is 13.1 Å². The van der Waals surface area contributed by atoms with Gasteiger partial charge in [0.25, 0.3) is 0 Å². The molecule has 29 heavy (non-hydrogen) atoms. The number of para-hydroxylation sites is 1. The van der Waals surface area contributed by atoms with Crippen LogP contribution in [0.1, 0.15) is 5.56 Å². The maximum absolute atomic E-state index is 12.8. The summed E-state index contributed by atoms with van der Waals surface area (Å²) in [6.45, 7) is 4.20. The molecule has 3 rings (SSSR count). The Bertz CT molecular complexity index is 955. The Hall–Kier alpha value is -2.58. The molecule has 0 saturated carbocycles. The average Bonchev–Trinajstić information content (AvgIpc) is 2.74. The van der Waals surface area contributed by atoms with Crippen molar-refractivity contribution in [3.8, 4) is 5.75 Å². The Labute approximate surface area is 172 Å². The molecule has 0 spiro atoms. The highest BCUT2D eigenvalue weighted by Crippen LogP contribution is 2.23. The average molecular weight is 418 g/mol. The van der Waals surface area contributed by atoms with Crippen LogP contribution in [0, 0.1) is 6.92 Å². The number of hydrogen-bond donors (Lipinski definition) is 0.